The molecular weight excluding hydrogens is 326 g/mol. The molecule has 0 fully saturated rings. The van der Waals surface area contributed by atoms with Gasteiger partial charge in [0, 0.05) is 33.9 Å². The van der Waals surface area contributed by atoms with Crippen LogP contribution in [0.3, 0.4) is 0 Å². The van der Waals surface area contributed by atoms with E-state index in [1.54, 1.807) is 6.21 Å². The van der Waals surface area contributed by atoms with E-state index < -0.39 is 0 Å². The van der Waals surface area contributed by atoms with Crippen molar-refractivity contribution in [1.82, 2.24) is 20.4 Å². The third-order valence-electron chi connectivity index (χ3n) is 3.49. The lowest BCUT2D eigenvalue weighted by atomic mass is 10.1. The Morgan fingerprint density at radius 1 is 1.29 bits per heavy atom. The molecule has 0 radical (unpaired) electrons. The molecule has 3 aromatic rings. The fourth-order valence-electron chi connectivity index (χ4n) is 2.46. The molecule has 1 amide bonds. The zero-order chi connectivity index (χ0) is 17.1. The van der Waals surface area contributed by atoms with Crippen molar-refractivity contribution in [2.24, 2.45) is 5.10 Å². The second kappa shape index (κ2) is 6.63. The number of benzene rings is 1. The highest BCUT2D eigenvalue weighted by Crippen LogP contribution is 2.19. The van der Waals surface area contributed by atoms with Crippen LogP contribution < -0.4 is 11.0 Å². The minimum absolute atomic E-state index is 0.0161. The first-order valence-electron chi connectivity index (χ1n) is 7.24. The van der Waals surface area contributed by atoms with Crippen molar-refractivity contribution in [1.29, 1.82) is 0 Å². The molecule has 3 rings (SSSR count). The number of para-hydroxylation sites is 1. The Labute approximate surface area is 141 Å². The summed E-state index contributed by atoms with van der Waals surface area (Å²) >= 11 is 4.86. The Morgan fingerprint density at radius 2 is 2.08 bits per heavy atom. The molecule has 0 bridgehead atoms. The van der Waals surface area contributed by atoms with Gasteiger partial charge in [0.25, 0.3) is 5.56 Å². The van der Waals surface area contributed by atoms with Crippen LogP contribution in [0.2, 0.25) is 0 Å². The summed E-state index contributed by atoms with van der Waals surface area (Å²) in [6, 6.07) is 9.15. The highest BCUT2D eigenvalue weighted by atomic mass is 32.1. The Hall–Kier alpha value is -3.00. The maximum absolute atomic E-state index is 11.9. The normalized spacial score (nSPS) is 11.2. The van der Waals surface area contributed by atoms with Crippen molar-refractivity contribution in [3.8, 4) is 0 Å². The van der Waals surface area contributed by atoms with Crippen LogP contribution in [0.1, 0.15) is 17.0 Å². The second-order valence-corrected chi connectivity index (χ2v) is 5.70. The molecule has 2 aromatic heterocycles. The predicted molar refractivity (Wildman–Crippen MR) is 94.7 cm³/mol. The quantitative estimate of drug-likeness (QED) is 0.331. The molecule has 0 spiro atoms. The molecule has 0 aliphatic carbocycles. The van der Waals surface area contributed by atoms with Crippen molar-refractivity contribution in [2.45, 2.75) is 13.3 Å². The van der Waals surface area contributed by atoms with Gasteiger partial charge in [-0.2, -0.15) is 5.10 Å². The van der Waals surface area contributed by atoms with Gasteiger partial charge in [0.15, 0.2) is 4.77 Å². The number of nitrogens with one attached hydrogen (secondary N) is 4. The number of fused-ring (bicyclic) bond motifs is 1. The van der Waals surface area contributed by atoms with E-state index >= 15 is 0 Å². The molecule has 0 aliphatic heterocycles. The van der Waals surface area contributed by atoms with Crippen molar-refractivity contribution >= 4 is 35.2 Å². The van der Waals surface area contributed by atoms with E-state index in [4.69, 9.17) is 12.2 Å². The molecule has 4 N–H and O–H groups in total. The molecule has 2 heterocycles. The first-order chi connectivity index (χ1) is 11.5. The fourth-order valence-corrected chi connectivity index (χ4v) is 2.69. The number of aromatic nitrogens is 3. The monoisotopic (exact) mass is 341 g/mol. The number of amides is 1. The van der Waals surface area contributed by atoms with E-state index in [-0.39, 0.29) is 22.7 Å². The van der Waals surface area contributed by atoms with Crippen LogP contribution in [0, 0.1) is 11.7 Å². The van der Waals surface area contributed by atoms with E-state index in [1.807, 2.05) is 31.2 Å². The van der Waals surface area contributed by atoms with Crippen molar-refractivity contribution < 1.29 is 4.79 Å². The highest BCUT2D eigenvalue weighted by molar-refractivity contribution is 7.71. The molecule has 7 nitrogen and oxygen atoms in total. The predicted octanol–water partition coefficient (Wildman–Crippen LogP) is 1.92. The SMILES string of the molecule is Cc1[nH]c2ccccc2c1/C=N/NC(=O)Cc1cc(=O)[nH]c(=S)[nH]1. The van der Waals surface area contributed by atoms with Crippen LogP contribution in [0.15, 0.2) is 40.2 Å². The summed E-state index contributed by atoms with van der Waals surface area (Å²) in [4.78, 5) is 31.7. The zero-order valence-electron chi connectivity index (χ0n) is 12.8. The first kappa shape index (κ1) is 15.9. The first-order valence-corrected chi connectivity index (χ1v) is 7.65. The van der Waals surface area contributed by atoms with Crippen LogP contribution in [0.4, 0.5) is 0 Å². The molecule has 0 unspecified atom stereocenters. The van der Waals surface area contributed by atoms with Gasteiger partial charge in [-0.3, -0.25) is 14.6 Å². The van der Waals surface area contributed by atoms with Crippen LogP contribution in [0.5, 0.6) is 0 Å². The van der Waals surface area contributed by atoms with Crippen LogP contribution in [-0.4, -0.2) is 27.1 Å². The molecular formula is C16H15N5O2S. The Morgan fingerprint density at radius 3 is 2.88 bits per heavy atom. The van der Waals surface area contributed by atoms with Crippen molar-refractivity contribution in [3.05, 3.63) is 62.4 Å². The number of hydrogen-bond donors (Lipinski definition) is 4. The molecule has 122 valence electrons. The van der Waals surface area contributed by atoms with Crippen LogP contribution in [0.25, 0.3) is 10.9 Å². The summed E-state index contributed by atoms with van der Waals surface area (Å²) in [6.07, 6.45) is 1.59. The number of carbonyl (C=O) groups is 1. The summed E-state index contributed by atoms with van der Waals surface area (Å²) in [6.45, 7) is 1.94. The lowest BCUT2D eigenvalue weighted by molar-refractivity contribution is -0.120. The van der Waals surface area contributed by atoms with Gasteiger partial charge in [-0.1, -0.05) is 18.2 Å². The molecule has 24 heavy (non-hydrogen) atoms. The largest absolute Gasteiger partial charge is 0.358 e. The molecule has 8 heteroatoms. The van der Waals surface area contributed by atoms with E-state index in [2.05, 4.69) is 25.5 Å². The number of carbonyl (C=O) groups excluding carboxylic acids is 1. The number of H-pyrrole nitrogens is 3. The minimum atomic E-state index is -0.348. The van der Waals surface area contributed by atoms with E-state index in [0.717, 1.165) is 22.2 Å². The highest BCUT2D eigenvalue weighted by Gasteiger charge is 2.06. The molecule has 0 aliphatic rings. The Kier molecular flexibility index (Phi) is 4.39. The summed E-state index contributed by atoms with van der Waals surface area (Å²) in [5.74, 6) is -0.347. The third-order valence-corrected chi connectivity index (χ3v) is 3.70. The zero-order valence-corrected chi connectivity index (χ0v) is 13.7. The molecule has 0 saturated carbocycles. The summed E-state index contributed by atoms with van der Waals surface area (Å²) < 4.78 is 0.184. The van der Waals surface area contributed by atoms with Gasteiger partial charge in [0.2, 0.25) is 5.91 Å². The van der Waals surface area contributed by atoms with Crippen LogP contribution in [-0.2, 0) is 11.2 Å². The number of nitrogens with zero attached hydrogens (tertiary/aromatic N) is 1. The average Bonchev–Trinajstić information content (AvgIpc) is 2.82. The average molecular weight is 341 g/mol. The van der Waals surface area contributed by atoms with Gasteiger partial charge >= 0.3 is 0 Å². The number of aromatic amines is 3. The number of hydrazone groups is 1. The third kappa shape index (κ3) is 3.49. The number of hydrogen-bond acceptors (Lipinski definition) is 4. The van der Waals surface area contributed by atoms with Gasteiger partial charge in [-0.15, -0.1) is 0 Å². The molecule has 0 saturated heterocycles. The van der Waals surface area contributed by atoms with Gasteiger partial charge in [-0.25, -0.2) is 5.43 Å². The van der Waals surface area contributed by atoms with E-state index in [0.29, 0.717) is 5.69 Å². The van der Waals surface area contributed by atoms with Gasteiger partial charge < -0.3 is 9.97 Å². The maximum atomic E-state index is 11.9. The smallest absolute Gasteiger partial charge is 0.251 e. The summed E-state index contributed by atoms with van der Waals surface area (Å²) in [7, 11) is 0. The van der Waals surface area contributed by atoms with E-state index in [1.165, 1.54) is 6.07 Å². The van der Waals surface area contributed by atoms with Crippen molar-refractivity contribution in [2.75, 3.05) is 0 Å². The standard InChI is InChI=1S/C16H15N5O2S/c1-9-12(11-4-2-3-5-13(11)18-9)8-17-21-15(23)7-10-6-14(22)20-16(24)19-10/h2-6,8,18H,7H2,1H3,(H,21,23)(H2,19,20,22,24)/b17-8+. The maximum Gasteiger partial charge on any atom is 0.251 e. The fraction of sp³-hybridized carbons (Fsp3) is 0.125. The van der Waals surface area contributed by atoms with Gasteiger partial charge in [-0.05, 0) is 25.2 Å². The molecule has 0 atom stereocenters. The summed E-state index contributed by atoms with van der Waals surface area (Å²) in [5.41, 5.74) is 5.43. The number of rotatable bonds is 4. The topological polar surface area (TPSA) is 106 Å². The van der Waals surface area contributed by atoms with Gasteiger partial charge in [0.1, 0.15) is 0 Å². The van der Waals surface area contributed by atoms with Gasteiger partial charge in [0.05, 0.1) is 12.6 Å². The lowest BCUT2D eigenvalue weighted by Gasteiger charge is -2.00. The van der Waals surface area contributed by atoms with E-state index in [9.17, 15) is 9.59 Å². The van der Waals surface area contributed by atoms with Crippen LogP contribution >= 0.6 is 12.2 Å². The van der Waals surface area contributed by atoms with Crippen molar-refractivity contribution in [3.63, 3.8) is 0 Å². The summed E-state index contributed by atoms with van der Waals surface area (Å²) in [5, 5.41) is 5.03. The second-order valence-electron chi connectivity index (χ2n) is 5.29. The molecule has 1 aromatic carbocycles. The Balaban J connectivity index is 1.71. The lowest BCUT2D eigenvalue weighted by Crippen LogP contribution is -2.21. The Bertz CT molecular complexity index is 1020. The minimum Gasteiger partial charge on any atom is -0.358 e. The number of aryl methyl sites for hydroxylation is 1.